The van der Waals surface area contributed by atoms with E-state index in [0.29, 0.717) is 17.8 Å². The van der Waals surface area contributed by atoms with Gasteiger partial charge in [-0.1, -0.05) is 20.8 Å². The summed E-state index contributed by atoms with van der Waals surface area (Å²) >= 11 is 0. The Balaban J connectivity index is 1.88. The summed E-state index contributed by atoms with van der Waals surface area (Å²) in [6, 6.07) is 0. The van der Waals surface area contributed by atoms with E-state index in [1.165, 1.54) is 13.5 Å². The lowest BCUT2D eigenvalue weighted by Gasteiger charge is -2.42. The second-order valence-corrected chi connectivity index (χ2v) is 8.15. The van der Waals surface area contributed by atoms with Gasteiger partial charge in [0, 0.05) is 0 Å². The van der Waals surface area contributed by atoms with E-state index in [1.54, 1.807) is 0 Å². The summed E-state index contributed by atoms with van der Waals surface area (Å²) in [5, 5.41) is 10.6. The molecule has 0 amide bonds. The Morgan fingerprint density at radius 1 is 1.26 bits per heavy atom. The van der Waals surface area contributed by atoms with Crippen LogP contribution in [0, 0.1) is 39.9 Å². The van der Waals surface area contributed by atoms with E-state index in [0.717, 1.165) is 12.8 Å². The number of ether oxygens (including phenoxy) is 1. The molecule has 7 atom stereocenters. The van der Waals surface area contributed by atoms with Gasteiger partial charge in [-0.05, 0) is 53.3 Å². The molecule has 0 aromatic carbocycles. The van der Waals surface area contributed by atoms with E-state index in [4.69, 9.17) is 4.74 Å². The van der Waals surface area contributed by atoms with Crippen LogP contribution in [0.1, 0.15) is 40.0 Å². The van der Waals surface area contributed by atoms with E-state index in [2.05, 4.69) is 20.8 Å². The van der Waals surface area contributed by atoms with Gasteiger partial charge in [-0.2, -0.15) is 0 Å². The van der Waals surface area contributed by atoms with Crippen LogP contribution in [-0.4, -0.2) is 24.3 Å². The molecule has 2 unspecified atom stereocenters. The van der Waals surface area contributed by atoms with Gasteiger partial charge >= 0.3 is 5.97 Å². The minimum Gasteiger partial charge on any atom is -0.469 e. The fourth-order valence-electron chi connectivity index (χ4n) is 7.52. The van der Waals surface area contributed by atoms with Gasteiger partial charge in [-0.3, -0.25) is 4.79 Å². The zero-order valence-corrected chi connectivity index (χ0v) is 12.3. The van der Waals surface area contributed by atoms with Crippen molar-refractivity contribution in [2.75, 3.05) is 7.11 Å². The monoisotopic (exact) mass is 264 g/mol. The van der Waals surface area contributed by atoms with Crippen molar-refractivity contribution in [3.8, 4) is 0 Å². The molecule has 0 radical (unpaired) electrons. The van der Waals surface area contributed by atoms with Crippen LogP contribution in [0.15, 0.2) is 0 Å². The van der Waals surface area contributed by atoms with Crippen molar-refractivity contribution in [3.05, 3.63) is 0 Å². The molecule has 1 spiro atoms. The van der Waals surface area contributed by atoms with E-state index in [9.17, 15) is 9.90 Å². The third-order valence-electron chi connectivity index (χ3n) is 7.68. The minimum atomic E-state index is -0.230. The second-order valence-electron chi connectivity index (χ2n) is 8.15. The molecule has 106 valence electrons. The smallest absolute Gasteiger partial charge is 0.309 e. The molecule has 0 aromatic rings. The Bertz CT molecular complexity index is 471. The van der Waals surface area contributed by atoms with Crippen LogP contribution in [0.2, 0.25) is 0 Å². The standard InChI is InChI=1S/C16H24O3/c1-14(2)12-9(17)7-15(3)10-6-5-8(16(10,12)14)11(15)13(18)19-4/h8-12,17H,5-7H2,1-4H3/t8-,9?,10+,11-,12?,15+,16-/m1/s1. The number of esters is 1. The molecule has 1 N–H and O–H groups in total. The Morgan fingerprint density at radius 3 is 2.58 bits per heavy atom. The summed E-state index contributed by atoms with van der Waals surface area (Å²) in [7, 11) is 1.51. The van der Waals surface area contributed by atoms with Gasteiger partial charge in [0.05, 0.1) is 19.1 Å². The SMILES string of the molecule is COC(=O)[C@H]1[C@H]2CC[C@H]3[C@]1(C)CC(O)C1C(C)(C)[C@]123. The highest BCUT2D eigenvalue weighted by Gasteiger charge is 2.90. The predicted octanol–water partition coefficient (Wildman–Crippen LogP) is 2.23. The summed E-state index contributed by atoms with van der Waals surface area (Å²) in [5.74, 6) is 1.42. The van der Waals surface area contributed by atoms with Crippen LogP contribution in [0.4, 0.5) is 0 Å². The number of carbonyl (C=O) groups excluding carboxylic acids is 1. The lowest BCUT2D eigenvalue weighted by molar-refractivity contribution is -0.154. The van der Waals surface area contributed by atoms with E-state index in [-0.39, 0.29) is 34.2 Å². The lowest BCUT2D eigenvalue weighted by atomic mass is 9.62. The molecule has 0 aliphatic heterocycles. The van der Waals surface area contributed by atoms with Crippen LogP contribution >= 0.6 is 0 Å². The van der Waals surface area contributed by atoms with Crippen LogP contribution < -0.4 is 0 Å². The molecule has 4 aliphatic carbocycles. The number of hydrogen-bond acceptors (Lipinski definition) is 3. The molecule has 0 aromatic heterocycles. The summed E-state index contributed by atoms with van der Waals surface area (Å²) in [4.78, 5) is 12.3. The summed E-state index contributed by atoms with van der Waals surface area (Å²) in [6.45, 7) is 6.84. The molecule has 4 saturated carbocycles. The highest BCUT2D eigenvalue weighted by Crippen LogP contribution is 2.91. The average Bonchev–Trinajstić information content (AvgIpc) is 2.61. The second kappa shape index (κ2) is 3.03. The third-order valence-corrected chi connectivity index (χ3v) is 7.68. The zero-order chi connectivity index (χ0) is 13.8. The molecule has 0 heterocycles. The van der Waals surface area contributed by atoms with Gasteiger partial charge in [0.1, 0.15) is 0 Å². The largest absolute Gasteiger partial charge is 0.469 e. The Morgan fingerprint density at radius 2 is 1.95 bits per heavy atom. The number of hydrogen-bond donors (Lipinski definition) is 1. The van der Waals surface area contributed by atoms with E-state index >= 15 is 0 Å². The van der Waals surface area contributed by atoms with Gasteiger partial charge in [0.2, 0.25) is 0 Å². The molecule has 0 saturated heterocycles. The van der Waals surface area contributed by atoms with Gasteiger partial charge in [0.25, 0.3) is 0 Å². The van der Waals surface area contributed by atoms with Gasteiger partial charge in [-0.15, -0.1) is 0 Å². The van der Waals surface area contributed by atoms with Crippen LogP contribution in [0.3, 0.4) is 0 Å². The van der Waals surface area contributed by atoms with Gasteiger partial charge in [0.15, 0.2) is 0 Å². The molecular weight excluding hydrogens is 240 g/mol. The van der Waals surface area contributed by atoms with Crippen molar-refractivity contribution in [1.82, 2.24) is 0 Å². The first-order chi connectivity index (χ1) is 8.83. The Kier molecular flexibility index (Phi) is 1.94. The Hall–Kier alpha value is -0.570. The molecule has 19 heavy (non-hydrogen) atoms. The van der Waals surface area contributed by atoms with Gasteiger partial charge in [-0.25, -0.2) is 0 Å². The van der Waals surface area contributed by atoms with Crippen molar-refractivity contribution in [3.63, 3.8) is 0 Å². The quantitative estimate of drug-likeness (QED) is 0.739. The molecule has 4 aliphatic rings. The summed E-state index contributed by atoms with van der Waals surface area (Å²) in [6.07, 6.45) is 2.93. The first-order valence-electron chi connectivity index (χ1n) is 7.59. The Labute approximate surface area is 114 Å². The van der Waals surface area contributed by atoms with Crippen molar-refractivity contribution in [2.24, 2.45) is 39.9 Å². The van der Waals surface area contributed by atoms with Crippen LogP contribution in [-0.2, 0) is 9.53 Å². The van der Waals surface area contributed by atoms with Crippen molar-refractivity contribution < 1.29 is 14.6 Å². The van der Waals surface area contributed by atoms with Crippen LogP contribution in [0.25, 0.3) is 0 Å². The number of carbonyl (C=O) groups is 1. The van der Waals surface area contributed by atoms with E-state index < -0.39 is 0 Å². The maximum Gasteiger partial charge on any atom is 0.309 e. The number of aliphatic hydroxyl groups excluding tert-OH is 1. The van der Waals surface area contributed by atoms with E-state index in [1.807, 2.05) is 0 Å². The molecule has 4 fully saturated rings. The highest BCUT2D eigenvalue weighted by atomic mass is 16.5. The summed E-state index contributed by atoms with van der Waals surface area (Å²) in [5.41, 5.74) is 0.372. The molecule has 3 nitrogen and oxygen atoms in total. The fourth-order valence-corrected chi connectivity index (χ4v) is 7.52. The highest BCUT2D eigenvalue weighted by molar-refractivity contribution is 5.76. The molecular formula is C16H24O3. The third kappa shape index (κ3) is 0.940. The molecule has 3 heteroatoms. The minimum absolute atomic E-state index is 0.0117. The van der Waals surface area contributed by atoms with Gasteiger partial charge < -0.3 is 9.84 Å². The number of aliphatic hydroxyl groups is 1. The number of rotatable bonds is 1. The van der Waals surface area contributed by atoms with Crippen molar-refractivity contribution >= 4 is 5.97 Å². The zero-order valence-electron chi connectivity index (χ0n) is 12.3. The summed E-state index contributed by atoms with van der Waals surface area (Å²) < 4.78 is 5.11. The van der Waals surface area contributed by atoms with Crippen molar-refractivity contribution in [1.29, 1.82) is 0 Å². The molecule has 4 rings (SSSR count). The predicted molar refractivity (Wildman–Crippen MR) is 70.2 cm³/mol. The van der Waals surface area contributed by atoms with Crippen LogP contribution in [0.5, 0.6) is 0 Å². The fraction of sp³-hybridized carbons (Fsp3) is 0.938. The topological polar surface area (TPSA) is 46.5 Å². The average molecular weight is 264 g/mol. The van der Waals surface area contributed by atoms with Crippen molar-refractivity contribution in [2.45, 2.75) is 46.1 Å². The first-order valence-corrected chi connectivity index (χ1v) is 7.59. The molecule has 4 bridgehead atoms. The maximum atomic E-state index is 12.3. The lowest BCUT2D eigenvalue weighted by Crippen LogP contribution is -2.43. The number of methoxy groups -OCH3 is 1. The maximum absolute atomic E-state index is 12.3. The first kappa shape index (κ1) is 12.2. The normalized spacial score (nSPS) is 59.7.